The van der Waals surface area contributed by atoms with E-state index in [2.05, 4.69) is 4.98 Å². The second-order valence-corrected chi connectivity index (χ2v) is 7.61. The van der Waals surface area contributed by atoms with Gasteiger partial charge in [0.25, 0.3) is 0 Å². The van der Waals surface area contributed by atoms with Crippen LogP contribution in [0.1, 0.15) is 30.5 Å². The zero-order valence-corrected chi connectivity index (χ0v) is 12.6. The number of carbonyl (C=O) groups excluding carboxylic acids is 1. The predicted octanol–water partition coefficient (Wildman–Crippen LogP) is 1.27. The molecule has 0 aliphatic heterocycles. The molecular weight excluding hydrogens is 272 g/mol. The minimum Gasteiger partial charge on any atom is -0.348 e. The number of hydrogen-bond donors (Lipinski definition) is 0. The minimum atomic E-state index is -3.44. The first-order valence-electron chi connectivity index (χ1n) is 5.56. The summed E-state index contributed by atoms with van der Waals surface area (Å²) in [5.74, 6) is -0.756. The summed E-state index contributed by atoms with van der Waals surface area (Å²) >= 11 is 1.45. The van der Waals surface area contributed by atoms with Crippen LogP contribution in [0.4, 0.5) is 0 Å². The first-order valence-corrected chi connectivity index (χ1v) is 8.26. The highest BCUT2D eigenvalue weighted by Crippen LogP contribution is 2.20. The average Bonchev–Trinajstić information content (AvgIpc) is 2.64. The normalized spacial score (nSPS) is 11.8. The highest BCUT2D eigenvalue weighted by Gasteiger charge is 2.20. The lowest BCUT2D eigenvalue weighted by Crippen LogP contribution is -2.29. The largest absolute Gasteiger partial charge is 0.348 e. The highest BCUT2D eigenvalue weighted by molar-refractivity contribution is 7.91. The third-order valence-electron chi connectivity index (χ3n) is 2.27. The van der Waals surface area contributed by atoms with Crippen LogP contribution in [-0.2, 0) is 20.4 Å². The van der Waals surface area contributed by atoms with Crippen molar-refractivity contribution in [3.8, 4) is 0 Å². The molecule has 0 saturated carbocycles. The molecule has 0 fully saturated rings. The van der Waals surface area contributed by atoms with Crippen molar-refractivity contribution >= 4 is 27.1 Å². The molecule has 102 valence electrons. The standard InChI is InChI=1S/C11H18N2O3S2/c1-8(2)11-12-9(5-17-11)6-18(15,16)7-10(14)13(3)4/h5,8H,6-7H2,1-4H3. The van der Waals surface area contributed by atoms with Crippen LogP contribution in [-0.4, -0.2) is 44.1 Å². The Morgan fingerprint density at radius 3 is 2.50 bits per heavy atom. The number of nitrogens with zero attached hydrogens (tertiary/aromatic N) is 2. The topological polar surface area (TPSA) is 67.3 Å². The van der Waals surface area contributed by atoms with Gasteiger partial charge in [-0.2, -0.15) is 0 Å². The number of amides is 1. The zero-order valence-electron chi connectivity index (χ0n) is 11.0. The zero-order chi connectivity index (χ0) is 13.9. The first-order chi connectivity index (χ1) is 8.21. The maximum atomic E-state index is 11.8. The molecule has 7 heteroatoms. The fourth-order valence-electron chi connectivity index (χ4n) is 1.25. The summed E-state index contributed by atoms with van der Waals surface area (Å²) in [6, 6.07) is 0. The van der Waals surface area contributed by atoms with E-state index in [1.54, 1.807) is 5.38 Å². The van der Waals surface area contributed by atoms with Gasteiger partial charge in [0.2, 0.25) is 5.91 Å². The number of sulfone groups is 1. The molecule has 18 heavy (non-hydrogen) atoms. The Bertz CT molecular complexity index is 518. The fourth-order valence-corrected chi connectivity index (χ4v) is 3.52. The fraction of sp³-hybridized carbons (Fsp3) is 0.636. The van der Waals surface area contributed by atoms with E-state index in [4.69, 9.17) is 0 Å². The van der Waals surface area contributed by atoms with E-state index in [1.807, 2.05) is 13.8 Å². The number of aromatic nitrogens is 1. The van der Waals surface area contributed by atoms with Crippen LogP contribution >= 0.6 is 11.3 Å². The molecule has 0 saturated heterocycles. The van der Waals surface area contributed by atoms with Crippen molar-refractivity contribution in [1.29, 1.82) is 0 Å². The van der Waals surface area contributed by atoms with E-state index < -0.39 is 21.5 Å². The number of hydrogen-bond acceptors (Lipinski definition) is 5. The van der Waals surface area contributed by atoms with Crippen LogP contribution < -0.4 is 0 Å². The molecule has 0 aromatic carbocycles. The van der Waals surface area contributed by atoms with Crippen LogP contribution in [0.15, 0.2) is 5.38 Å². The van der Waals surface area contributed by atoms with Gasteiger partial charge in [-0.25, -0.2) is 13.4 Å². The van der Waals surface area contributed by atoms with Crippen molar-refractivity contribution in [2.45, 2.75) is 25.5 Å². The smallest absolute Gasteiger partial charge is 0.237 e. The molecular formula is C11H18N2O3S2. The molecule has 0 spiro atoms. The molecule has 1 amide bonds. The Labute approximate surface area is 112 Å². The van der Waals surface area contributed by atoms with Crippen molar-refractivity contribution < 1.29 is 13.2 Å². The van der Waals surface area contributed by atoms with Crippen molar-refractivity contribution in [2.75, 3.05) is 19.8 Å². The van der Waals surface area contributed by atoms with Gasteiger partial charge >= 0.3 is 0 Å². The quantitative estimate of drug-likeness (QED) is 0.819. The molecule has 1 heterocycles. The maximum Gasteiger partial charge on any atom is 0.237 e. The van der Waals surface area contributed by atoms with Crippen molar-refractivity contribution in [1.82, 2.24) is 9.88 Å². The van der Waals surface area contributed by atoms with Crippen LogP contribution in [0, 0.1) is 0 Å². The van der Waals surface area contributed by atoms with Crippen molar-refractivity contribution in [3.05, 3.63) is 16.1 Å². The van der Waals surface area contributed by atoms with Gasteiger partial charge in [-0.1, -0.05) is 13.8 Å². The second kappa shape index (κ2) is 5.79. The van der Waals surface area contributed by atoms with E-state index in [-0.39, 0.29) is 11.7 Å². The lowest BCUT2D eigenvalue weighted by atomic mass is 10.2. The summed E-state index contributed by atoms with van der Waals surface area (Å²) in [7, 11) is -0.360. The number of rotatable bonds is 5. The van der Waals surface area contributed by atoms with Gasteiger partial charge in [-0.05, 0) is 0 Å². The van der Waals surface area contributed by atoms with E-state index in [1.165, 1.54) is 30.3 Å². The summed E-state index contributed by atoms with van der Waals surface area (Å²) in [6.45, 7) is 4.01. The molecule has 1 rings (SSSR count). The Kier molecular flexibility index (Phi) is 4.86. The molecule has 5 nitrogen and oxygen atoms in total. The lowest BCUT2D eigenvalue weighted by Gasteiger charge is -2.09. The van der Waals surface area contributed by atoms with Gasteiger partial charge in [0.1, 0.15) is 5.75 Å². The van der Waals surface area contributed by atoms with Gasteiger partial charge in [0.15, 0.2) is 9.84 Å². The van der Waals surface area contributed by atoms with E-state index in [9.17, 15) is 13.2 Å². The summed E-state index contributed by atoms with van der Waals surface area (Å²) in [5, 5.41) is 2.66. The van der Waals surface area contributed by atoms with Gasteiger partial charge in [-0.3, -0.25) is 4.79 Å². The molecule has 0 radical (unpaired) electrons. The Morgan fingerprint density at radius 2 is 2.06 bits per heavy atom. The monoisotopic (exact) mass is 290 g/mol. The highest BCUT2D eigenvalue weighted by atomic mass is 32.2. The molecule has 0 N–H and O–H groups in total. The number of carbonyl (C=O) groups is 1. The third kappa shape index (κ3) is 4.38. The van der Waals surface area contributed by atoms with Crippen molar-refractivity contribution in [2.24, 2.45) is 0 Å². The minimum absolute atomic E-state index is 0.171. The Morgan fingerprint density at radius 1 is 1.44 bits per heavy atom. The van der Waals surface area contributed by atoms with Crippen LogP contribution in [0.3, 0.4) is 0 Å². The predicted molar refractivity (Wildman–Crippen MR) is 72.4 cm³/mol. The summed E-state index contributed by atoms with van der Waals surface area (Å²) in [4.78, 5) is 16.9. The Balaban J connectivity index is 2.73. The molecule has 0 aliphatic carbocycles. The molecule has 0 atom stereocenters. The molecule has 0 bridgehead atoms. The summed E-state index contributed by atoms with van der Waals surface area (Å²) in [5.41, 5.74) is 0.523. The van der Waals surface area contributed by atoms with Crippen LogP contribution in [0.25, 0.3) is 0 Å². The molecule has 0 unspecified atom stereocenters. The second-order valence-electron chi connectivity index (χ2n) is 4.65. The third-order valence-corrected chi connectivity index (χ3v) is 4.89. The van der Waals surface area contributed by atoms with Gasteiger partial charge in [0, 0.05) is 25.4 Å². The number of thiazole rings is 1. The van der Waals surface area contributed by atoms with Crippen molar-refractivity contribution in [3.63, 3.8) is 0 Å². The average molecular weight is 290 g/mol. The van der Waals surface area contributed by atoms with Crippen LogP contribution in [0.5, 0.6) is 0 Å². The lowest BCUT2D eigenvalue weighted by molar-refractivity contribution is -0.125. The molecule has 1 aromatic heterocycles. The SMILES string of the molecule is CC(C)c1nc(CS(=O)(=O)CC(=O)N(C)C)cs1. The van der Waals surface area contributed by atoms with Crippen LogP contribution in [0.2, 0.25) is 0 Å². The van der Waals surface area contributed by atoms with E-state index in [0.717, 1.165) is 5.01 Å². The first kappa shape index (κ1) is 15.1. The van der Waals surface area contributed by atoms with Gasteiger partial charge in [0.05, 0.1) is 16.5 Å². The molecule has 1 aromatic rings. The maximum absolute atomic E-state index is 11.8. The van der Waals surface area contributed by atoms with E-state index in [0.29, 0.717) is 5.69 Å². The summed E-state index contributed by atoms with van der Waals surface area (Å²) in [6.07, 6.45) is 0. The van der Waals surface area contributed by atoms with Gasteiger partial charge in [-0.15, -0.1) is 11.3 Å². The van der Waals surface area contributed by atoms with Gasteiger partial charge < -0.3 is 4.90 Å². The Hall–Kier alpha value is -0.950. The molecule has 0 aliphatic rings. The summed E-state index contributed by atoms with van der Waals surface area (Å²) < 4.78 is 23.6. The van der Waals surface area contributed by atoms with E-state index >= 15 is 0 Å².